The SMILES string of the molecule is C=C1c2ccccc2[C@H](N(CCCC)C(=O)CC)C(=O)N2CCC[C@H]12. The standard InChI is InChI=1S/C21H28N2O2/c1-4-6-13-23(19(24)5-2)20-17-11-8-7-10-16(17)15(3)18-12-9-14-22(18)21(20)25/h7-8,10-11,18,20H,3-6,9,12-14H2,1-2H3/t18-,20+/m1/s1. The van der Waals surface area contributed by atoms with Gasteiger partial charge in [-0.25, -0.2) is 0 Å². The van der Waals surface area contributed by atoms with Gasteiger partial charge in [-0.3, -0.25) is 9.59 Å². The van der Waals surface area contributed by atoms with Crippen molar-refractivity contribution >= 4 is 17.4 Å². The van der Waals surface area contributed by atoms with Crippen molar-refractivity contribution in [2.75, 3.05) is 13.1 Å². The molecule has 0 radical (unpaired) electrons. The maximum atomic E-state index is 13.5. The van der Waals surface area contributed by atoms with E-state index in [1.165, 1.54) is 0 Å². The lowest BCUT2D eigenvalue weighted by atomic mass is 9.92. The quantitative estimate of drug-likeness (QED) is 0.818. The zero-order chi connectivity index (χ0) is 18.0. The minimum atomic E-state index is -0.518. The van der Waals surface area contributed by atoms with Gasteiger partial charge in [0.2, 0.25) is 5.91 Å². The molecule has 0 bridgehead atoms. The molecule has 2 amide bonds. The molecule has 1 saturated heterocycles. The van der Waals surface area contributed by atoms with Crippen LogP contribution in [0.25, 0.3) is 5.57 Å². The Bertz CT molecular complexity index is 682. The van der Waals surface area contributed by atoms with E-state index in [2.05, 4.69) is 13.5 Å². The van der Waals surface area contributed by atoms with Crippen molar-refractivity contribution < 1.29 is 9.59 Å². The highest BCUT2D eigenvalue weighted by Crippen LogP contribution is 2.40. The predicted molar refractivity (Wildman–Crippen MR) is 99.9 cm³/mol. The van der Waals surface area contributed by atoms with Crippen LogP contribution in [0.5, 0.6) is 0 Å². The van der Waals surface area contributed by atoms with Gasteiger partial charge in [-0.05, 0) is 36.0 Å². The number of carbonyl (C=O) groups excluding carboxylic acids is 2. The molecule has 0 aromatic heterocycles. The van der Waals surface area contributed by atoms with Gasteiger partial charge in [0, 0.05) is 19.5 Å². The molecule has 1 aromatic carbocycles. The molecule has 0 N–H and O–H groups in total. The molecule has 134 valence electrons. The van der Waals surface area contributed by atoms with E-state index in [4.69, 9.17) is 0 Å². The fourth-order valence-corrected chi connectivity index (χ4v) is 4.12. The van der Waals surface area contributed by atoms with Crippen molar-refractivity contribution in [2.24, 2.45) is 0 Å². The number of benzene rings is 1. The Labute approximate surface area is 150 Å². The zero-order valence-electron chi connectivity index (χ0n) is 15.3. The Morgan fingerprint density at radius 2 is 2.08 bits per heavy atom. The first kappa shape index (κ1) is 17.7. The average molecular weight is 340 g/mol. The summed E-state index contributed by atoms with van der Waals surface area (Å²) in [6, 6.07) is 7.55. The van der Waals surface area contributed by atoms with E-state index in [1.807, 2.05) is 36.1 Å². The number of amides is 2. The Balaban J connectivity index is 2.11. The molecule has 1 fully saturated rings. The minimum absolute atomic E-state index is 0.0462. The summed E-state index contributed by atoms with van der Waals surface area (Å²) in [4.78, 5) is 29.9. The molecule has 4 nitrogen and oxygen atoms in total. The van der Waals surface area contributed by atoms with E-state index in [1.54, 1.807) is 4.90 Å². The number of fused-ring (bicyclic) bond motifs is 2. The van der Waals surface area contributed by atoms with Crippen LogP contribution in [-0.2, 0) is 9.59 Å². The number of unbranched alkanes of at least 4 members (excludes halogenated alkanes) is 1. The Morgan fingerprint density at radius 1 is 1.32 bits per heavy atom. The summed E-state index contributed by atoms with van der Waals surface area (Å²) >= 11 is 0. The van der Waals surface area contributed by atoms with Gasteiger partial charge in [-0.1, -0.05) is 51.1 Å². The first-order valence-electron chi connectivity index (χ1n) is 9.48. The smallest absolute Gasteiger partial charge is 0.250 e. The third-order valence-corrected chi connectivity index (χ3v) is 5.46. The first-order valence-corrected chi connectivity index (χ1v) is 9.48. The molecule has 4 heteroatoms. The fourth-order valence-electron chi connectivity index (χ4n) is 4.12. The number of carbonyl (C=O) groups is 2. The maximum absolute atomic E-state index is 13.5. The first-order chi connectivity index (χ1) is 12.1. The summed E-state index contributed by atoms with van der Waals surface area (Å²) in [5.74, 6) is 0.108. The van der Waals surface area contributed by atoms with Gasteiger partial charge < -0.3 is 9.80 Å². The highest BCUT2D eigenvalue weighted by atomic mass is 16.2. The molecular weight excluding hydrogens is 312 g/mol. The van der Waals surface area contributed by atoms with Crippen LogP contribution in [0.2, 0.25) is 0 Å². The molecule has 1 aromatic rings. The lowest BCUT2D eigenvalue weighted by Crippen LogP contribution is -2.46. The molecule has 2 atom stereocenters. The molecular formula is C21H28N2O2. The van der Waals surface area contributed by atoms with Gasteiger partial charge in [-0.2, -0.15) is 0 Å². The minimum Gasteiger partial charge on any atom is -0.334 e. The lowest BCUT2D eigenvalue weighted by Gasteiger charge is -2.33. The van der Waals surface area contributed by atoms with Crippen molar-refractivity contribution in [3.8, 4) is 0 Å². The van der Waals surface area contributed by atoms with Crippen molar-refractivity contribution in [3.05, 3.63) is 42.0 Å². The van der Waals surface area contributed by atoms with E-state index >= 15 is 0 Å². The fraction of sp³-hybridized carbons (Fsp3) is 0.524. The highest BCUT2D eigenvalue weighted by molar-refractivity contribution is 5.94. The molecule has 25 heavy (non-hydrogen) atoms. The summed E-state index contributed by atoms with van der Waals surface area (Å²) in [6.45, 7) is 9.67. The summed E-state index contributed by atoms with van der Waals surface area (Å²) in [6.07, 6.45) is 4.28. The van der Waals surface area contributed by atoms with Crippen LogP contribution >= 0.6 is 0 Å². The van der Waals surface area contributed by atoms with Crippen molar-refractivity contribution in [3.63, 3.8) is 0 Å². The van der Waals surface area contributed by atoms with Crippen molar-refractivity contribution in [1.82, 2.24) is 9.80 Å². The maximum Gasteiger partial charge on any atom is 0.250 e. The highest BCUT2D eigenvalue weighted by Gasteiger charge is 2.43. The van der Waals surface area contributed by atoms with Gasteiger partial charge in [0.1, 0.15) is 6.04 Å². The molecule has 2 aliphatic rings. The number of rotatable bonds is 5. The predicted octanol–water partition coefficient (Wildman–Crippen LogP) is 3.78. The summed E-state index contributed by atoms with van der Waals surface area (Å²) in [5, 5.41) is 0. The van der Waals surface area contributed by atoms with Crippen LogP contribution in [-0.4, -0.2) is 40.7 Å². The second-order valence-corrected chi connectivity index (χ2v) is 7.00. The lowest BCUT2D eigenvalue weighted by molar-refractivity contribution is -0.146. The van der Waals surface area contributed by atoms with Crippen LogP contribution in [0.3, 0.4) is 0 Å². The van der Waals surface area contributed by atoms with E-state index in [-0.39, 0.29) is 17.9 Å². The molecule has 0 aliphatic carbocycles. The average Bonchev–Trinajstić information content (AvgIpc) is 3.10. The van der Waals surface area contributed by atoms with E-state index in [0.29, 0.717) is 13.0 Å². The molecule has 0 saturated carbocycles. The van der Waals surface area contributed by atoms with Gasteiger partial charge in [0.05, 0.1) is 6.04 Å². The van der Waals surface area contributed by atoms with Gasteiger partial charge in [0.25, 0.3) is 5.91 Å². The second-order valence-electron chi connectivity index (χ2n) is 7.00. The van der Waals surface area contributed by atoms with Crippen LogP contribution in [0, 0.1) is 0 Å². The Kier molecular flexibility index (Phi) is 5.26. The van der Waals surface area contributed by atoms with Gasteiger partial charge >= 0.3 is 0 Å². The summed E-state index contributed by atoms with van der Waals surface area (Å²) in [7, 11) is 0. The molecule has 2 aliphatic heterocycles. The number of hydrogen-bond acceptors (Lipinski definition) is 2. The van der Waals surface area contributed by atoms with Crippen LogP contribution in [0.15, 0.2) is 30.8 Å². The van der Waals surface area contributed by atoms with Crippen molar-refractivity contribution in [1.29, 1.82) is 0 Å². The topological polar surface area (TPSA) is 40.6 Å². The number of hydrogen-bond donors (Lipinski definition) is 0. The Hall–Kier alpha value is -2.10. The third kappa shape index (κ3) is 3.10. The molecule has 2 heterocycles. The largest absolute Gasteiger partial charge is 0.334 e. The van der Waals surface area contributed by atoms with E-state index in [9.17, 15) is 9.59 Å². The number of nitrogens with zero attached hydrogens (tertiary/aromatic N) is 2. The normalized spacial score (nSPS) is 22.4. The second kappa shape index (κ2) is 7.42. The molecule has 0 spiro atoms. The van der Waals surface area contributed by atoms with Crippen LogP contribution in [0.4, 0.5) is 0 Å². The van der Waals surface area contributed by atoms with Crippen LogP contribution < -0.4 is 0 Å². The van der Waals surface area contributed by atoms with Gasteiger partial charge in [0.15, 0.2) is 0 Å². The summed E-state index contributed by atoms with van der Waals surface area (Å²) in [5.41, 5.74) is 2.99. The van der Waals surface area contributed by atoms with Gasteiger partial charge in [-0.15, -0.1) is 0 Å². The summed E-state index contributed by atoms with van der Waals surface area (Å²) < 4.78 is 0. The van der Waals surface area contributed by atoms with E-state index in [0.717, 1.165) is 48.9 Å². The van der Waals surface area contributed by atoms with E-state index < -0.39 is 6.04 Å². The monoisotopic (exact) mass is 340 g/mol. The molecule has 3 rings (SSSR count). The third-order valence-electron chi connectivity index (χ3n) is 5.46. The Morgan fingerprint density at radius 3 is 2.80 bits per heavy atom. The van der Waals surface area contributed by atoms with Crippen molar-refractivity contribution in [2.45, 2.75) is 58.0 Å². The molecule has 0 unspecified atom stereocenters. The van der Waals surface area contributed by atoms with Crippen LogP contribution in [0.1, 0.15) is 63.1 Å². The zero-order valence-corrected chi connectivity index (χ0v) is 15.3.